The molecule has 0 fully saturated rings. The minimum atomic E-state index is -0.491. The maximum atomic E-state index is 11.6. The third kappa shape index (κ3) is 4.80. The number of rotatable bonds is 0. The smallest absolute Gasteiger partial charge is 0.272 e. The van der Waals surface area contributed by atoms with Crippen LogP contribution >= 0.6 is 23.2 Å². The number of hydrogen-bond acceptors (Lipinski definition) is 1. The number of benzene rings is 1. The van der Waals surface area contributed by atoms with E-state index < -0.39 is 5.41 Å². The Bertz CT molecular complexity index is 423. The molecule has 1 rings (SSSR count). The summed E-state index contributed by atoms with van der Waals surface area (Å²) in [6.45, 7) is 5.43. The average molecular weight is 252 g/mol. The van der Waals surface area contributed by atoms with Gasteiger partial charge in [0, 0.05) is 5.41 Å². The van der Waals surface area contributed by atoms with Gasteiger partial charge in [-0.1, -0.05) is 30.8 Å². The quantitative estimate of drug-likeness (QED) is 0.478. The summed E-state index contributed by atoms with van der Waals surface area (Å²) in [5.41, 5.74) is -0.491. The van der Waals surface area contributed by atoms with Crippen LogP contribution in [0.3, 0.4) is 0 Å². The number of halogens is 2. The fourth-order valence-electron chi connectivity index (χ4n) is 0.889. The minimum Gasteiger partial charge on any atom is -0.272 e. The van der Waals surface area contributed by atoms with Crippen LogP contribution in [0.1, 0.15) is 20.8 Å². The molecule has 16 heavy (non-hydrogen) atoms. The Hall–Kier alpha value is -0.133. The molecule has 0 saturated carbocycles. The van der Waals surface area contributed by atoms with Crippen molar-refractivity contribution in [1.29, 1.82) is 0 Å². The monoisotopic (exact) mass is 251 g/mol. The fraction of sp³-hybridized carbons (Fsp3) is 0.364. The van der Waals surface area contributed by atoms with Crippen LogP contribution in [0.15, 0.2) is 23.2 Å². The molecule has 0 aliphatic heterocycles. The van der Waals surface area contributed by atoms with Gasteiger partial charge in [0.05, 0.1) is 0 Å². The van der Waals surface area contributed by atoms with Gasteiger partial charge in [-0.2, -0.15) is 0 Å². The van der Waals surface area contributed by atoms with Gasteiger partial charge in [-0.05, 0) is 5.36 Å². The van der Waals surface area contributed by atoms with E-state index in [4.69, 9.17) is 23.2 Å². The van der Waals surface area contributed by atoms with Gasteiger partial charge in [0.2, 0.25) is 5.91 Å². The molecule has 1 aromatic rings. The van der Waals surface area contributed by atoms with Gasteiger partial charge in [0.1, 0.15) is 0 Å². The van der Waals surface area contributed by atoms with Crippen molar-refractivity contribution >= 4 is 29.1 Å². The Morgan fingerprint density at radius 3 is 2.31 bits per heavy atom. The van der Waals surface area contributed by atoms with E-state index in [9.17, 15) is 4.79 Å². The zero-order valence-electron chi connectivity index (χ0n) is 9.84. The van der Waals surface area contributed by atoms with Crippen molar-refractivity contribution in [3.63, 3.8) is 0 Å². The molecular formula is C11H12Cl2LiNO. The maximum absolute atomic E-state index is 11.6. The van der Waals surface area contributed by atoms with Crippen molar-refractivity contribution in [2.24, 2.45) is 10.4 Å². The number of hydrogen-bond donors (Lipinski definition) is 0. The number of carbonyl (C=O) groups excluding carboxylic acids is 1. The first-order valence-corrected chi connectivity index (χ1v) is 5.27. The molecule has 0 aromatic heterocycles. The normalized spacial score (nSPS) is 10.6. The number of nitrogens with zero attached hydrogens (tertiary/aromatic N) is 1. The Labute approximate surface area is 117 Å². The van der Waals surface area contributed by atoms with E-state index in [-0.39, 0.29) is 24.8 Å². The molecule has 82 valence electrons. The summed E-state index contributed by atoms with van der Waals surface area (Å²) >= 11 is 11.6. The molecule has 1 aromatic carbocycles. The third-order valence-corrected chi connectivity index (χ3v) is 2.16. The molecule has 0 heterocycles. The first-order chi connectivity index (χ1) is 6.79. The van der Waals surface area contributed by atoms with Crippen molar-refractivity contribution in [3.8, 4) is 0 Å². The average Bonchev–Trinajstić information content (AvgIpc) is 1.99. The number of amides is 1. The summed E-state index contributed by atoms with van der Waals surface area (Å²) in [5, 5.41) is 1.44. The second kappa shape index (κ2) is 5.98. The zero-order valence-corrected chi connectivity index (χ0v) is 11.4. The van der Waals surface area contributed by atoms with Crippen molar-refractivity contribution < 1.29 is 23.7 Å². The van der Waals surface area contributed by atoms with Crippen LogP contribution in [0.2, 0.25) is 10.0 Å². The van der Waals surface area contributed by atoms with E-state index in [1.54, 1.807) is 18.2 Å². The molecule has 0 atom stereocenters. The molecule has 0 radical (unpaired) electrons. The molecule has 0 saturated heterocycles. The second-order valence-electron chi connectivity index (χ2n) is 4.29. The predicted molar refractivity (Wildman–Crippen MR) is 62.1 cm³/mol. The molecule has 2 nitrogen and oxygen atoms in total. The van der Waals surface area contributed by atoms with E-state index in [1.165, 1.54) is 0 Å². The van der Waals surface area contributed by atoms with Crippen molar-refractivity contribution in [3.05, 3.63) is 33.6 Å². The van der Waals surface area contributed by atoms with Gasteiger partial charge in [-0.15, -0.1) is 41.4 Å². The Balaban J connectivity index is 0.00000225. The van der Waals surface area contributed by atoms with Crippen LogP contribution in [-0.2, 0) is 4.79 Å². The summed E-state index contributed by atoms with van der Waals surface area (Å²) in [7, 11) is 0. The third-order valence-electron chi connectivity index (χ3n) is 1.72. The molecule has 0 aliphatic rings. The summed E-state index contributed by atoms with van der Waals surface area (Å²) in [4.78, 5) is 15.5. The topological polar surface area (TPSA) is 29.4 Å². The van der Waals surface area contributed by atoms with Gasteiger partial charge in [-0.25, -0.2) is 4.99 Å². The van der Waals surface area contributed by atoms with E-state index >= 15 is 0 Å². The van der Waals surface area contributed by atoms with Crippen LogP contribution in [-0.4, -0.2) is 5.91 Å². The molecule has 0 bridgehead atoms. The molecule has 1 amide bonds. The van der Waals surface area contributed by atoms with E-state index in [0.29, 0.717) is 15.4 Å². The minimum absolute atomic E-state index is 0. The van der Waals surface area contributed by atoms with Gasteiger partial charge < -0.3 is 0 Å². The largest absolute Gasteiger partial charge is 1.00 e. The summed E-state index contributed by atoms with van der Waals surface area (Å²) in [5.74, 6) is -0.194. The van der Waals surface area contributed by atoms with Crippen LogP contribution < -0.4 is 24.2 Å². The van der Waals surface area contributed by atoms with E-state index in [1.807, 2.05) is 20.8 Å². The van der Waals surface area contributed by atoms with Gasteiger partial charge in [0.15, 0.2) is 0 Å². The molecule has 0 unspecified atom stereocenters. The first kappa shape index (κ1) is 15.9. The van der Waals surface area contributed by atoms with E-state index in [0.717, 1.165) is 0 Å². The second-order valence-corrected chi connectivity index (χ2v) is 5.17. The summed E-state index contributed by atoms with van der Waals surface area (Å²) in [6, 6.07) is 4.82. The van der Waals surface area contributed by atoms with Crippen molar-refractivity contribution in [2.75, 3.05) is 0 Å². The molecule has 0 spiro atoms. The van der Waals surface area contributed by atoms with Crippen molar-refractivity contribution in [2.45, 2.75) is 20.8 Å². The van der Waals surface area contributed by atoms with Gasteiger partial charge >= 0.3 is 18.9 Å². The molecular weight excluding hydrogens is 240 g/mol. The van der Waals surface area contributed by atoms with Crippen LogP contribution in [0.5, 0.6) is 0 Å². The standard InChI is InChI=1S/C11H12Cl2NO.Li/c1-11(2,3)10(15)14-9-5-7(12)4-8(13)6-9;/h4-6H,1-3H3;/q-1;+1. The zero-order chi connectivity index (χ0) is 11.6. The molecule has 0 aliphatic carbocycles. The molecule has 5 heteroatoms. The van der Waals surface area contributed by atoms with Gasteiger partial charge in [-0.3, -0.25) is 4.79 Å². The van der Waals surface area contributed by atoms with Crippen LogP contribution in [0.4, 0.5) is 0 Å². The van der Waals surface area contributed by atoms with Gasteiger partial charge in [0.25, 0.3) is 0 Å². The Morgan fingerprint density at radius 2 is 1.88 bits per heavy atom. The first-order valence-electron chi connectivity index (χ1n) is 4.51. The number of carbonyl (C=O) groups is 1. The Kier molecular flexibility index (Phi) is 5.93. The van der Waals surface area contributed by atoms with Crippen molar-refractivity contribution in [1.82, 2.24) is 0 Å². The van der Waals surface area contributed by atoms with Crippen LogP contribution in [0, 0.1) is 5.41 Å². The summed E-state index contributed by atoms with van der Waals surface area (Å²) in [6.07, 6.45) is 0. The van der Waals surface area contributed by atoms with E-state index in [2.05, 4.69) is 4.99 Å². The predicted octanol–water partition coefficient (Wildman–Crippen LogP) is 0.190. The fourth-order valence-corrected chi connectivity index (χ4v) is 1.40. The van der Waals surface area contributed by atoms with Crippen LogP contribution in [0.25, 0.3) is 0 Å². The SMILES string of the molecule is CC(C)(C)C(=O)N=c1cc(Cl)cc(Cl)[cH-]1.[Li+]. The maximum Gasteiger partial charge on any atom is 1.00 e. The molecule has 0 N–H and O–H groups in total. The Morgan fingerprint density at radius 1 is 1.31 bits per heavy atom. The summed E-state index contributed by atoms with van der Waals surface area (Å²) < 4.78 is 0.